The summed E-state index contributed by atoms with van der Waals surface area (Å²) < 4.78 is 0. The Balaban J connectivity index is 1.97. The van der Waals surface area contributed by atoms with E-state index in [0.717, 1.165) is 37.1 Å². The Hall–Kier alpha value is -0.870. The fourth-order valence-electron chi connectivity index (χ4n) is 2.36. The molecule has 0 atom stereocenters. The lowest BCUT2D eigenvalue weighted by molar-refractivity contribution is 0.0595. The van der Waals surface area contributed by atoms with Crippen molar-refractivity contribution in [2.75, 3.05) is 26.2 Å². The van der Waals surface area contributed by atoms with Crippen molar-refractivity contribution in [3.63, 3.8) is 0 Å². The Bertz CT molecular complexity index is 422. The van der Waals surface area contributed by atoms with Crippen molar-refractivity contribution in [3.05, 3.63) is 35.4 Å². The van der Waals surface area contributed by atoms with Crippen molar-refractivity contribution >= 4 is 21.8 Å². The molecule has 0 bridgehead atoms. The van der Waals surface area contributed by atoms with Gasteiger partial charge in [-0.1, -0.05) is 28.1 Å². The van der Waals surface area contributed by atoms with Crippen molar-refractivity contribution in [1.29, 1.82) is 0 Å². The molecule has 104 valence electrons. The Labute approximate surface area is 123 Å². The molecule has 0 aromatic heterocycles. The van der Waals surface area contributed by atoms with Crippen molar-refractivity contribution in [1.82, 2.24) is 9.80 Å². The van der Waals surface area contributed by atoms with Crippen molar-refractivity contribution < 1.29 is 4.79 Å². The summed E-state index contributed by atoms with van der Waals surface area (Å²) in [5.74, 6) is 0.157. The fraction of sp³-hybridized carbons (Fsp3) is 0.533. The minimum Gasteiger partial charge on any atom is -0.336 e. The number of piperazine rings is 1. The highest BCUT2D eigenvalue weighted by Crippen LogP contribution is 2.13. The number of hydrogen-bond donors (Lipinski definition) is 0. The van der Waals surface area contributed by atoms with Crippen LogP contribution < -0.4 is 0 Å². The van der Waals surface area contributed by atoms with E-state index in [2.05, 4.69) is 34.7 Å². The standard InChI is InChI=1S/C15H21BrN2O/c1-12(2)17-7-9-18(10-8-17)15(19)14-5-3-13(11-16)4-6-14/h3-6,12H,7-11H2,1-2H3. The van der Waals surface area contributed by atoms with Crippen molar-refractivity contribution in [2.45, 2.75) is 25.2 Å². The van der Waals surface area contributed by atoms with Crippen LogP contribution in [0.3, 0.4) is 0 Å². The first-order valence-corrected chi connectivity index (χ1v) is 7.92. The van der Waals surface area contributed by atoms with Crippen molar-refractivity contribution in [3.8, 4) is 0 Å². The molecule has 19 heavy (non-hydrogen) atoms. The minimum absolute atomic E-state index is 0.157. The predicted molar refractivity (Wildman–Crippen MR) is 81.7 cm³/mol. The van der Waals surface area contributed by atoms with Crippen LogP contribution in [0, 0.1) is 0 Å². The summed E-state index contributed by atoms with van der Waals surface area (Å²) in [6, 6.07) is 8.43. The van der Waals surface area contributed by atoms with Gasteiger partial charge in [-0.15, -0.1) is 0 Å². The highest BCUT2D eigenvalue weighted by atomic mass is 79.9. The molecule has 1 fully saturated rings. The van der Waals surface area contributed by atoms with Crippen LogP contribution in [0.5, 0.6) is 0 Å². The third-order valence-electron chi connectivity index (χ3n) is 3.69. The number of nitrogens with zero attached hydrogens (tertiary/aromatic N) is 2. The highest BCUT2D eigenvalue weighted by molar-refractivity contribution is 9.08. The molecule has 2 rings (SSSR count). The van der Waals surface area contributed by atoms with Crippen LogP contribution in [-0.2, 0) is 5.33 Å². The summed E-state index contributed by atoms with van der Waals surface area (Å²) in [6.07, 6.45) is 0. The fourth-order valence-corrected chi connectivity index (χ4v) is 2.73. The number of hydrogen-bond acceptors (Lipinski definition) is 2. The lowest BCUT2D eigenvalue weighted by atomic mass is 10.1. The molecule has 1 saturated heterocycles. The number of amides is 1. The number of halogens is 1. The van der Waals surface area contributed by atoms with Crippen LogP contribution in [0.1, 0.15) is 29.8 Å². The summed E-state index contributed by atoms with van der Waals surface area (Å²) >= 11 is 3.41. The van der Waals surface area contributed by atoms with E-state index in [0.29, 0.717) is 6.04 Å². The molecule has 0 spiro atoms. The van der Waals surface area contributed by atoms with Crippen LogP contribution in [0.15, 0.2) is 24.3 Å². The van der Waals surface area contributed by atoms with Gasteiger partial charge in [-0.25, -0.2) is 0 Å². The molecule has 0 N–H and O–H groups in total. The predicted octanol–water partition coefficient (Wildman–Crippen LogP) is 2.75. The first-order valence-electron chi connectivity index (χ1n) is 6.80. The van der Waals surface area contributed by atoms with Gasteiger partial charge in [0.25, 0.3) is 5.91 Å². The Morgan fingerprint density at radius 1 is 1.16 bits per heavy atom. The van der Waals surface area contributed by atoms with E-state index in [1.54, 1.807) is 0 Å². The van der Waals surface area contributed by atoms with E-state index in [4.69, 9.17) is 0 Å². The van der Waals surface area contributed by atoms with Gasteiger partial charge in [-0.3, -0.25) is 9.69 Å². The Morgan fingerprint density at radius 3 is 2.21 bits per heavy atom. The second-order valence-corrected chi connectivity index (χ2v) is 5.81. The number of carbonyl (C=O) groups is 1. The first-order chi connectivity index (χ1) is 9.11. The third-order valence-corrected chi connectivity index (χ3v) is 4.33. The highest BCUT2D eigenvalue weighted by Gasteiger charge is 2.23. The maximum atomic E-state index is 12.4. The normalized spacial score (nSPS) is 16.9. The number of carbonyl (C=O) groups excluding carboxylic acids is 1. The van der Waals surface area contributed by atoms with Gasteiger partial charge in [-0.2, -0.15) is 0 Å². The zero-order valence-corrected chi connectivity index (χ0v) is 13.2. The van der Waals surface area contributed by atoms with Crippen LogP contribution in [0.25, 0.3) is 0 Å². The maximum absolute atomic E-state index is 12.4. The van der Waals surface area contributed by atoms with E-state index in [9.17, 15) is 4.79 Å². The quantitative estimate of drug-likeness (QED) is 0.798. The van der Waals surface area contributed by atoms with Crippen LogP contribution in [-0.4, -0.2) is 47.9 Å². The second kappa shape index (κ2) is 6.53. The van der Waals surface area contributed by atoms with Gasteiger partial charge in [0.05, 0.1) is 0 Å². The lowest BCUT2D eigenvalue weighted by Crippen LogP contribution is -2.50. The average Bonchev–Trinajstić information content (AvgIpc) is 2.46. The van der Waals surface area contributed by atoms with E-state index < -0.39 is 0 Å². The van der Waals surface area contributed by atoms with Crippen molar-refractivity contribution in [2.24, 2.45) is 0 Å². The molecule has 1 amide bonds. The van der Waals surface area contributed by atoms with Gasteiger partial charge >= 0.3 is 0 Å². The maximum Gasteiger partial charge on any atom is 0.253 e. The smallest absolute Gasteiger partial charge is 0.253 e. The van der Waals surface area contributed by atoms with Gasteiger partial charge in [0, 0.05) is 43.1 Å². The zero-order valence-electron chi connectivity index (χ0n) is 11.6. The van der Waals surface area contributed by atoms with Gasteiger partial charge in [0.15, 0.2) is 0 Å². The largest absolute Gasteiger partial charge is 0.336 e. The van der Waals surface area contributed by atoms with E-state index in [1.807, 2.05) is 29.2 Å². The monoisotopic (exact) mass is 324 g/mol. The van der Waals surface area contributed by atoms with E-state index >= 15 is 0 Å². The van der Waals surface area contributed by atoms with Gasteiger partial charge in [-0.05, 0) is 31.5 Å². The SMILES string of the molecule is CC(C)N1CCN(C(=O)c2ccc(CBr)cc2)CC1. The molecule has 0 unspecified atom stereocenters. The topological polar surface area (TPSA) is 23.6 Å². The minimum atomic E-state index is 0.157. The molecule has 3 nitrogen and oxygen atoms in total. The second-order valence-electron chi connectivity index (χ2n) is 5.25. The van der Waals surface area contributed by atoms with Crippen LogP contribution in [0.4, 0.5) is 0 Å². The molecule has 0 aliphatic carbocycles. The summed E-state index contributed by atoms with van der Waals surface area (Å²) in [6.45, 7) is 8.02. The summed E-state index contributed by atoms with van der Waals surface area (Å²) in [5.41, 5.74) is 1.99. The zero-order chi connectivity index (χ0) is 13.8. The van der Waals surface area contributed by atoms with E-state index in [1.165, 1.54) is 5.56 Å². The molecule has 0 saturated carbocycles. The molecule has 1 aromatic rings. The van der Waals surface area contributed by atoms with E-state index in [-0.39, 0.29) is 5.91 Å². The average molecular weight is 325 g/mol. The first kappa shape index (κ1) is 14.5. The van der Waals surface area contributed by atoms with Crippen LogP contribution >= 0.6 is 15.9 Å². The van der Waals surface area contributed by atoms with Gasteiger partial charge in [0.1, 0.15) is 0 Å². The van der Waals surface area contributed by atoms with Gasteiger partial charge < -0.3 is 4.90 Å². The molecule has 1 heterocycles. The lowest BCUT2D eigenvalue weighted by Gasteiger charge is -2.37. The Kier molecular flexibility index (Phi) is 4.99. The summed E-state index contributed by atoms with van der Waals surface area (Å²) in [5, 5.41) is 0.828. The molecule has 4 heteroatoms. The third kappa shape index (κ3) is 3.57. The molecule has 1 aliphatic heterocycles. The number of alkyl halides is 1. The number of rotatable bonds is 3. The Morgan fingerprint density at radius 2 is 1.74 bits per heavy atom. The van der Waals surface area contributed by atoms with Crippen LogP contribution in [0.2, 0.25) is 0 Å². The van der Waals surface area contributed by atoms with Gasteiger partial charge in [0.2, 0.25) is 0 Å². The molecular weight excluding hydrogens is 304 g/mol. The summed E-state index contributed by atoms with van der Waals surface area (Å²) in [7, 11) is 0. The number of benzene rings is 1. The summed E-state index contributed by atoms with van der Waals surface area (Å²) in [4.78, 5) is 16.7. The molecule has 0 radical (unpaired) electrons. The molecular formula is C15H21BrN2O. The molecule has 1 aromatic carbocycles. The molecule has 1 aliphatic rings.